The zero-order valence-electron chi connectivity index (χ0n) is 11.7. The van der Waals surface area contributed by atoms with Crippen LogP contribution in [0.15, 0.2) is 48.5 Å². The molecular formula is C16H17NO3S. The lowest BCUT2D eigenvalue weighted by Crippen LogP contribution is -2.20. The minimum absolute atomic E-state index is 0.119. The summed E-state index contributed by atoms with van der Waals surface area (Å²) in [7, 11) is 0.320. The lowest BCUT2D eigenvalue weighted by molar-refractivity contribution is -0.115. The summed E-state index contributed by atoms with van der Waals surface area (Å²) in [4.78, 5) is 10.9. The summed E-state index contributed by atoms with van der Waals surface area (Å²) in [6, 6.07) is 15.4. The van der Waals surface area contributed by atoms with Crippen molar-refractivity contribution in [2.24, 2.45) is 5.73 Å². The van der Waals surface area contributed by atoms with Crippen LogP contribution in [0.2, 0.25) is 0 Å². The van der Waals surface area contributed by atoms with Gasteiger partial charge in [0.05, 0.1) is 7.11 Å². The van der Waals surface area contributed by atoms with E-state index in [1.54, 1.807) is 7.11 Å². The Hall–Kier alpha value is -2.14. The van der Waals surface area contributed by atoms with Gasteiger partial charge in [-0.3, -0.25) is 9.00 Å². The van der Waals surface area contributed by atoms with Crippen LogP contribution < -0.4 is 10.5 Å². The maximum atomic E-state index is 11.9. The number of ether oxygens (including phenoxy) is 1. The normalized spacial score (nSPS) is 11.9. The predicted octanol–water partition coefficient (Wildman–Crippen LogP) is 2.10. The van der Waals surface area contributed by atoms with Gasteiger partial charge in [-0.05, 0) is 28.8 Å². The minimum Gasteiger partial charge on any atom is -0.497 e. The number of hydrogen-bond acceptors (Lipinski definition) is 3. The summed E-state index contributed by atoms with van der Waals surface area (Å²) in [6.45, 7) is 0. The molecule has 0 fully saturated rings. The van der Waals surface area contributed by atoms with Gasteiger partial charge < -0.3 is 10.5 Å². The van der Waals surface area contributed by atoms with Crippen LogP contribution in [-0.4, -0.2) is 23.0 Å². The van der Waals surface area contributed by atoms with Gasteiger partial charge in [-0.25, -0.2) is 0 Å². The van der Waals surface area contributed by atoms with E-state index in [1.807, 2.05) is 48.5 Å². The van der Waals surface area contributed by atoms with Gasteiger partial charge in [0.15, 0.2) is 0 Å². The van der Waals surface area contributed by atoms with Crippen molar-refractivity contribution in [2.45, 2.75) is 5.75 Å². The number of amides is 1. The molecule has 21 heavy (non-hydrogen) atoms. The average Bonchev–Trinajstić information content (AvgIpc) is 2.47. The molecule has 2 rings (SSSR count). The number of methoxy groups -OCH3 is 1. The smallest absolute Gasteiger partial charge is 0.230 e. The monoisotopic (exact) mass is 303 g/mol. The van der Waals surface area contributed by atoms with Crippen molar-refractivity contribution in [1.29, 1.82) is 0 Å². The molecule has 0 aromatic heterocycles. The van der Waals surface area contributed by atoms with E-state index in [9.17, 15) is 9.00 Å². The van der Waals surface area contributed by atoms with E-state index in [4.69, 9.17) is 10.5 Å². The van der Waals surface area contributed by atoms with Crippen molar-refractivity contribution in [1.82, 2.24) is 0 Å². The highest BCUT2D eigenvalue weighted by Gasteiger charge is 2.10. The largest absolute Gasteiger partial charge is 0.497 e. The second-order valence-corrected chi connectivity index (χ2v) is 6.04. The van der Waals surface area contributed by atoms with Gasteiger partial charge in [-0.1, -0.05) is 36.4 Å². The first-order chi connectivity index (χ1) is 10.1. The van der Waals surface area contributed by atoms with Gasteiger partial charge in [0, 0.05) is 16.6 Å². The van der Waals surface area contributed by atoms with E-state index in [2.05, 4.69) is 0 Å². The number of hydrogen-bond donors (Lipinski definition) is 1. The fraction of sp³-hybridized carbons (Fsp3) is 0.188. The summed E-state index contributed by atoms with van der Waals surface area (Å²) in [6.07, 6.45) is 0. The Morgan fingerprint density at radius 2 is 1.95 bits per heavy atom. The van der Waals surface area contributed by atoms with Crippen LogP contribution in [0.25, 0.3) is 11.1 Å². The Kier molecular flexibility index (Phi) is 5.11. The molecule has 0 saturated heterocycles. The topological polar surface area (TPSA) is 69.4 Å². The molecule has 1 atom stereocenters. The zero-order chi connectivity index (χ0) is 15.2. The number of primary amides is 1. The van der Waals surface area contributed by atoms with Crippen LogP contribution in [-0.2, 0) is 21.3 Å². The summed E-state index contributed by atoms with van der Waals surface area (Å²) in [5, 5.41) is 0. The van der Waals surface area contributed by atoms with E-state index < -0.39 is 16.7 Å². The quantitative estimate of drug-likeness (QED) is 0.888. The van der Waals surface area contributed by atoms with E-state index >= 15 is 0 Å². The van der Waals surface area contributed by atoms with Crippen LogP contribution in [0, 0.1) is 0 Å². The van der Waals surface area contributed by atoms with Gasteiger partial charge in [-0.15, -0.1) is 0 Å². The Balaban J connectivity index is 2.32. The number of carbonyl (C=O) groups is 1. The molecular weight excluding hydrogens is 286 g/mol. The first kappa shape index (κ1) is 15.3. The van der Waals surface area contributed by atoms with Crippen molar-refractivity contribution in [2.75, 3.05) is 12.9 Å². The van der Waals surface area contributed by atoms with Gasteiger partial charge in [0.2, 0.25) is 5.91 Å². The summed E-state index contributed by atoms with van der Waals surface area (Å²) in [5.74, 6) is 0.399. The second-order valence-electron chi connectivity index (χ2n) is 4.58. The van der Waals surface area contributed by atoms with Gasteiger partial charge in [0.1, 0.15) is 11.5 Å². The molecule has 0 aliphatic carbocycles. The fourth-order valence-electron chi connectivity index (χ4n) is 2.10. The SMILES string of the molecule is COc1cccc(-c2ccccc2C[S@@](=O)CC(N)=O)c1. The van der Waals surface area contributed by atoms with Crippen molar-refractivity contribution >= 4 is 16.7 Å². The molecule has 110 valence electrons. The van der Waals surface area contributed by atoms with Crippen molar-refractivity contribution in [3.05, 3.63) is 54.1 Å². The number of carbonyl (C=O) groups excluding carboxylic acids is 1. The maximum absolute atomic E-state index is 11.9. The van der Waals surface area contributed by atoms with Crippen LogP contribution in [0.1, 0.15) is 5.56 Å². The third kappa shape index (κ3) is 4.16. The van der Waals surface area contributed by atoms with E-state index in [1.165, 1.54) is 0 Å². The van der Waals surface area contributed by atoms with Crippen LogP contribution in [0.4, 0.5) is 0 Å². The van der Waals surface area contributed by atoms with Gasteiger partial charge >= 0.3 is 0 Å². The molecule has 2 aromatic carbocycles. The standard InChI is InChI=1S/C16H17NO3S/c1-20-14-7-4-6-12(9-14)15-8-3-2-5-13(15)10-21(19)11-16(17)18/h2-9H,10-11H2,1H3,(H2,17,18)/t21-/m1/s1. The summed E-state index contributed by atoms with van der Waals surface area (Å²) < 4.78 is 17.1. The average molecular weight is 303 g/mol. The van der Waals surface area contributed by atoms with Crippen LogP contribution in [0.5, 0.6) is 5.75 Å². The Morgan fingerprint density at radius 1 is 1.19 bits per heavy atom. The first-order valence-electron chi connectivity index (χ1n) is 6.46. The molecule has 0 bridgehead atoms. The summed E-state index contributed by atoms with van der Waals surface area (Å²) in [5.41, 5.74) is 7.97. The lowest BCUT2D eigenvalue weighted by atomic mass is 10.0. The second kappa shape index (κ2) is 7.04. The molecule has 2 aromatic rings. The number of rotatable bonds is 6. The Labute approximate surface area is 126 Å². The van der Waals surface area contributed by atoms with Gasteiger partial charge in [-0.2, -0.15) is 0 Å². The molecule has 0 saturated carbocycles. The highest BCUT2D eigenvalue weighted by atomic mass is 32.2. The lowest BCUT2D eigenvalue weighted by Gasteiger charge is -2.10. The van der Waals surface area contributed by atoms with Gasteiger partial charge in [0.25, 0.3) is 0 Å². The van der Waals surface area contributed by atoms with Crippen molar-refractivity contribution in [3.63, 3.8) is 0 Å². The molecule has 4 nitrogen and oxygen atoms in total. The van der Waals surface area contributed by atoms with E-state index in [-0.39, 0.29) is 5.75 Å². The van der Waals surface area contributed by atoms with Crippen LogP contribution >= 0.6 is 0 Å². The van der Waals surface area contributed by atoms with Crippen molar-refractivity contribution in [3.8, 4) is 16.9 Å². The Bertz CT molecular complexity index is 670. The number of benzene rings is 2. The number of nitrogens with two attached hydrogens (primary N) is 1. The third-order valence-corrected chi connectivity index (χ3v) is 4.26. The molecule has 0 heterocycles. The first-order valence-corrected chi connectivity index (χ1v) is 7.94. The fourth-order valence-corrected chi connectivity index (χ4v) is 3.12. The van der Waals surface area contributed by atoms with Crippen molar-refractivity contribution < 1.29 is 13.7 Å². The highest BCUT2D eigenvalue weighted by molar-refractivity contribution is 7.84. The molecule has 5 heteroatoms. The molecule has 0 radical (unpaired) electrons. The molecule has 0 aliphatic heterocycles. The highest BCUT2D eigenvalue weighted by Crippen LogP contribution is 2.27. The molecule has 0 unspecified atom stereocenters. The third-order valence-electron chi connectivity index (χ3n) is 3.02. The summed E-state index contributed by atoms with van der Waals surface area (Å²) >= 11 is 0. The molecule has 0 aliphatic rings. The molecule has 0 spiro atoms. The minimum atomic E-state index is -1.30. The maximum Gasteiger partial charge on any atom is 0.230 e. The van der Waals surface area contributed by atoms with E-state index in [0.717, 1.165) is 22.4 Å². The molecule has 2 N–H and O–H groups in total. The Morgan fingerprint density at radius 3 is 2.67 bits per heavy atom. The zero-order valence-corrected chi connectivity index (χ0v) is 12.6. The van der Waals surface area contributed by atoms with Crippen LogP contribution in [0.3, 0.4) is 0 Å². The van der Waals surface area contributed by atoms with E-state index in [0.29, 0.717) is 5.75 Å². The predicted molar refractivity (Wildman–Crippen MR) is 84.3 cm³/mol. The molecule has 1 amide bonds.